The molecule has 1 heterocycles. The molecule has 0 saturated carbocycles. The number of alkyl halides is 5. The van der Waals surface area contributed by atoms with Crippen molar-refractivity contribution >= 4 is 0 Å². The molecule has 0 N–H and O–H groups in total. The Bertz CT molecular complexity index is 479. The van der Waals surface area contributed by atoms with Gasteiger partial charge in [0.2, 0.25) is 5.95 Å². The van der Waals surface area contributed by atoms with Gasteiger partial charge in [0.25, 0.3) is 6.43 Å². The number of rotatable bonds is 3. The molecule has 0 saturated heterocycles. The van der Waals surface area contributed by atoms with Crippen LogP contribution in [0.3, 0.4) is 0 Å². The molecule has 0 fully saturated rings. The second-order valence-corrected chi connectivity index (χ2v) is 2.99. The normalized spacial score (nSPS) is 11.4. The van der Waals surface area contributed by atoms with Gasteiger partial charge in [-0.25, -0.2) is 13.8 Å². The molecule has 0 amide bonds. The van der Waals surface area contributed by atoms with E-state index in [4.69, 9.17) is 5.26 Å². The molecule has 0 aliphatic rings. The van der Waals surface area contributed by atoms with Crippen LogP contribution in [-0.2, 0) is 6.42 Å². The van der Waals surface area contributed by atoms with Crippen molar-refractivity contribution in [1.82, 2.24) is 4.98 Å². The molecule has 3 nitrogen and oxygen atoms in total. The van der Waals surface area contributed by atoms with Gasteiger partial charge >= 0.3 is 6.36 Å². The standard InChI is InChI=1S/C9H4F6N2O/c10-6-3-5(18-9(13,14)15)4(1-2-16)7(17-6)8(11)12/h3,8H,1H2. The molecule has 0 aromatic carbocycles. The molecule has 0 unspecified atom stereocenters. The predicted octanol–water partition coefficient (Wildman–Crippen LogP) is 3.12. The molecule has 98 valence electrons. The minimum absolute atomic E-state index is 0.200. The summed E-state index contributed by atoms with van der Waals surface area (Å²) in [5, 5.41) is 8.36. The van der Waals surface area contributed by atoms with Gasteiger partial charge in [0.15, 0.2) is 0 Å². The zero-order valence-corrected chi connectivity index (χ0v) is 8.43. The first-order valence-electron chi connectivity index (χ1n) is 4.34. The topological polar surface area (TPSA) is 45.9 Å². The van der Waals surface area contributed by atoms with Crippen LogP contribution in [0.15, 0.2) is 6.07 Å². The Kier molecular flexibility index (Phi) is 4.00. The van der Waals surface area contributed by atoms with Crippen molar-refractivity contribution in [3.8, 4) is 11.8 Å². The van der Waals surface area contributed by atoms with Crippen LogP contribution < -0.4 is 4.74 Å². The number of ether oxygens (including phenoxy) is 1. The van der Waals surface area contributed by atoms with E-state index in [-0.39, 0.29) is 6.07 Å². The third-order valence-electron chi connectivity index (χ3n) is 1.77. The highest BCUT2D eigenvalue weighted by molar-refractivity contribution is 5.39. The largest absolute Gasteiger partial charge is 0.573 e. The van der Waals surface area contributed by atoms with E-state index >= 15 is 0 Å². The van der Waals surface area contributed by atoms with Crippen molar-refractivity contribution in [2.75, 3.05) is 0 Å². The number of hydrogen-bond acceptors (Lipinski definition) is 3. The number of halogens is 6. The lowest BCUT2D eigenvalue weighted by atomic mass is 10.1. The van der Waals surface area contributed by atoms with E-state index in [1.54, 1.807) is 0 Å². The Morgan fingerprint density at radius 1 is 1.39 bits per heavy atom. The van der Waals surface area contributed by atoms with Crippen molar-refractivity contribution in [2.45, 2.75) is 19.2 Å². The Labute approximate surface area is 96.6 Å². The van der Waals surface area contributed by atoms with Gasteiger partial charge in [0.1, 0.15) is 11.4 Å². The average Bonchev–Trinajstić information content (AvgIpc) is 2.19. The molecule has 0 aliphatic carbocycles. The van der Waals surface area contributed by atoms with E-state index in [1.807, 2.05) is 0 Å². The fourth-order valence-electron chi connectivity index (χ4n) is 1.19. The number of pyridine rings is 1. The maximum absolute atomic E-state index is 12.8. The van der Waals surface area contributed by atoms with Gasteiger partial charge in [-0.05, 0) is 0 Å². The van der Waals surface area contributed by atoms with E-state index < -0.39 is 42.2 Å². The fraction of sp³-hybridized carbons (Fsp3) is 0.333. The highest BCUT2D eigenvalue weighted by atomic mass is 19.4. The SMILES string of the molecule is N#CCc1c(OC(F)(F)F)cc(F)nc1C(F)F. The third kappa shape index (κ3) is 3.51. The van der Waals surface area contributed by atoms with Gasteiger partial charge < -0.3 is 4.74 Å². The summed E-state index contributed by atoms with van der Waals surface area (Å²) in [6.45, 7) is 0. The zero-order valence-electron chi connectivity index (χ0n) is 8.43. The van der Waals surface area contributed by atoms with Crippen LogP contribution in [-0.4, -0.2) is 11.3 Å². The van der Waals surface area contributed by atoms with Gasteiger partial charge in [0, 0.05) is 11.6 Å². The summed E-state index contributed by atoms with van der Waals surface area (Å²) < 4.78 is 77.1. The molecule has 1 aromatic heterocycles. The van der Waals surface area contributed by atoms with Gasteiger partial charge in [-0.3, -0.25) is 0 Å². The monoisotopic (exact) mass is 270 g/mol. The smallest absolute Gasteiger partial charge is 0.405 e. The van der Waals surface area contributed by atoms with Gasteiger partial charge in [-0.15, -0.1) is 13.2 Å². The molecule has 0 aliphatic heterocycles. The average molecular weight is 270 g/mol. The first kappa shape index (κ1) is 14.1. The van der Waals surface area contributed by atoms with Crippen molar-refractivity contribution in [3.63, 3.8) is 0 Å². The maximum atomic E-state index is 12.8. The van der Waals surface area contributed by atoms with E-state index in [0.717, 1.165) is 0 Å². The quantitative estimate of drug-likeness (QED) is 0.626. The van der Waals surface area contributed by atoms with Crippen LogP contribution in [0.4, 0.5) is 26.3 Å². The molecule has 1 aromatic rings. The van der Waals surface area contributed by atoms with E-state index in [9.17, 15) is 26.3 Å². The number of hydrogen-bond donors (Lipinski definition) is 0. The van der Waals surface area contributed by atoms with Crippen LogP contribution in [0.5, 0.6) is 5.75 Å². The maximum Gasteiger partial charge on any atom is 0.573 e. The summed E-state index contributed by atoms with van der Waals surface area (Å²) in [5.41, 5.74) is -2.03. The Hall–Kier alpha value is -1.98. The third-order valence-corrected chi connectivity index (χ3v) is 1.77. The van der Waals surface area contributed by atoms with E-state index in [2.05, 4.69) is 9.72 Å². The first-order valence-corrected chi connectivity index (χ1v) is 4.34. The molecular formula is C9H4F6N2O. The number of aromatic nitrogens is 1. The van der Waals surface area contributed by atoms with Crippen LogP contribution in [0.25, 0.3) is 0 Å². The second kappa shape index (κ2) is 5.12. The van der Waals surface area contributed by atoms with Crippen molar-refractivity contribution in [2.24, 2.45) is 0 Å². The molecule has 0 bridgehead atoms. The molecule has 0 radical (unpaired) electrons. The highest BCUT2D eigenvalue weighted by Gasteiger charge is 2.34. The highest BCUT2D eigenvalue weighted by Crippen LogP contribution is 2.32. The first-order chi connectivity index (χ1) is 8.24. The van der Waals surface area contributed by atoms with Crippen LogP contribution >= 0.6 is 0 Å². The molecular weight excluding hydrogens is 266 g/mol. The second-order valence-electron chi connectivity index (χ2n) is 2.99. The van der Waals surface area contributed by atoms with Crippen LogP contribution in [0, 0.1) is 17.3 Å². The lowest BCUT2D eigenvalue weighted by Crippen LogP contribution is -2.19. The van der Waals surface area contributed by atoms with E-state index in [1.165, 1.54) is 6.07 Å². The van der Waals surface area contributed by atoms with Crippen LogP contribution in [0.2, 0.25) is 0 Å². The molecule has 0 spiro atoms. The summed E-state index contributed by atoms with van der Waals surface area (Å²) in [7, 11) is 0. The number of nitrogens with zero attached hydrogens (tertiary/aromatic N) is 2. The number of nitriles is 1. The Morgan fingerprint density at radius 3 is 2.44 bits per heavy atom. The summed E-state index contributed by atoms with van der Waals surface area (Å²) in [4.78, 5) is 2.77. The summed E-state index contributed by atoms with van der Waals surface area (Å²) in [5.74, 6) is -2.74. The van der Waals surface area contributed by atoms with E-state index in [0.29, 0.717) is 0 Å². The van der Waals surface area contributed by atoms with Gasteiger partial charge in [-0.1, -0.05) is 0 Å². The summed E-state index contributed by atoms with van der Waals surface area (Å²) in [6, 6.07) is 1.58. The Balaban J connectivity index is 3.34. The van der Waals surface area contributed by atoms with Gasteiger partial charge in [-0.2, -0.15) is 9.65 Å². The lowest BCUT2D eigenvalue weighted by molar-refractivity contribution is -0.275. The minimum atomic E-state index is -5.18. The molecule has 0 atom stereocenters. The molecule has 18 heavy (non-hydrogen) atoms. The molecule has 9 heteroatoms. The minimum Gasteiger partial charge on any atom is -0.405 e. The summed E-state index contributed by atoms with van der Waals surface area (Å²) in [6.07, 6.45) is -9.31. The zero-order chi connectivity index (χ0) is 13.9. The van der Waals surface area contributed by atoms with Crippen molar-refractivity contribution in [3.05, 3.63) is 23.3 Å². The van der Waals surface area contributed by atoms with Crippen LogP contribution in [0.1, 0.15) is 17.7 Å². The van der Waals surface area contributed by atoms with Crippen molar-refractivity contribution < 1.29 is 31.1 Å². The predicted molar refractivity (Wildman–Crippen MR) is 45.2 cm³/mol. The summed E-state index contributed by atoms with van der Waals surface area (Å²) >= 11 is 0. The Morgan fingerprint density at radius 2 is 2.00 bits per heavy atom. The lowest BCUT2D eigenvalue weighted by Gasteiger charge is -2.14. The molecule has 1 rings (SSSR count). The van der Waals surface area contributed by atoms with Gasteiger partial charge in [0.05, 0.1) is 12.5 Å². The van der Waals surface area contributed by atoms with Crippen molar-refractivity contribution in [1.29, 1.82) is 5.26 Å². The fourth-order valence-corrected chi connectivity index (χ4v) is 1.19.